The summed E-state index contributed by atoms with van der Waals surface area (Å²) in [5.41, 5.74) is 0.249. The van der Waals surface area contributed by atoms with Crippen molar-refractivity contribution >= 4 is 28.0 Å². The zero-order valence-electron chi connectivity index (χ0n) is 33.4. The standard InChI is InChI=1S/C14H15F5O5S.C14H28O2.C10H18O4.Ag/c1-3-8(2)9-4-6-10(7-5-9)11(20)24-12(13(15,16)17)14(18,19)25(21,22)23;1-4-6-7-8-9-10-11-12-16-14(15)13(3)5-2;1-3-8(2)10(11)13-5-4-12-6-9-7-14-9;/h4-8,12H,3H2,1-2H3,(H,21,22,23);13H,4-12H2,1-3H3;8-9H,3-7H2,1-2H3;/q;;;+1/p-1. The number of hydrogen-bond acceptors (Lipinski definition) is 11. The number of rotatable bonds is 23. The van der Waals surface area contributed by atoms with E-state index in [-0.39, 0.29) is 58.2 Å². The van der Waals surface area contributed by atoms with Crippen molar-refractivity contribution in [2.75, 3.05) is 33.0 Å². The van der Waals surface area contributed by atoms with Crippen molar-refractivity contribution in [2.45, 2.75) is 142 Å². The Balaban J connectivity index is 0. The topological polar surface area (TPSA) is 158 Å². The molecule has 11 nitrogen and oxygen atoms in total. The van der Waals surface area contributed by atoms with Crippen LogP contribution in [-0.4, -0.2) is 87.6 Å². The molecule has 0 bridgehead atoms. The van der Waals surface area contributed by atoms with E-state index in [0.29, 0.717) is 26.4 Å². The molecular weight excluding hydrogens is 867 g/mol. The summed E-state index contributed by atoms with van der Waals surface area (Å²) in [6.07, 6.45) is 1.15. The Labute approximate surface area is 344 Å². The van der Waals surface area contributed by atoms with Crippen molar-refractivity contribution in [3.05, 3.63) is 35.4 Å². The Morgan fingerprint density at radius 2 is 1.27 bits per heavy atom. The van der Waals surface area contributed by atoms with Crippen molar-refractivity contribution < 1.29 is 95.4 Å². The molecule has 18 heteroatoms. The van der Waals surface area contributed by atoms with Crippen LogP contribution in [0.25, 0.3) is 0 Å². The molecule has 1 aromatic carbocycles. The van der Waals surface area contributed by atoms with Crippen molar-refractivity contribution in [3.8, 4) is 0 Å². The van der Waals surface area contributed by atoms with Crippen LogP contribution in [0.2, 0.25) is 0 Å². The summed E-state index contributed by atoms with van der Waals surface area (Å²) >= 11 is 0. The first-order valence-corrected chi connectivity index (χ1v) is 20.3. The van der Waals surface area contributed by atoms with Gasteiger partial charge in [0, 0.05) is 0 Å². The van der Waals surface area contributed by atoms with Crippen LogP contribution < -0.4 is 0 Å². The Morgan fingerprint density at radius 1 is 0.786 bits per heavy atom. The Kier molecular flexibility index (Phi) is 29.1. The van der Waals surface area contributed by atoms with E-state index in [1.165, 1.54) is 50.7 Å². The minimum Gasteiger partial charge on any atom is -0.743 e. The molecule has 1 saturated heterocycles. The second-order valence-electron chi connectivity index (χ2n) is 13.4. The van der Waals surface area contributed by atoms with Crippen LogP contribution in [0, 0.1) is 11.8 Å². The molecule has 5 atom stereocenters. The molecule has 0 radical (unpaired) electrons. The van der Waals surface area contributed by atoms with Crippen LogP contribution in [-0.2, 0) is 65.8 Å². The van der Waals surface area contributed by atoms with Crippen molar-refractivity contribution in [3.63, 3.8) is 0 Å². The van der Waals surface area contributed by atoms with Crippen molar-refractivity contribution in [2.24, 2.45) is 11.8 Å². The van der Waals surface area contributed by atoms with E-state index in [2.05, 4.69) is 11.7 Å². The predicted molar refractivity (Wildman–Crippen MR) is 194 cm³/mol. The Morgan fingerprint density at radius 3 is 1.70 bits per heavy atom. The maximum atomic E-state index is 13.3. The first-order chi connectivity index (χ1) is 25.7. The van der Waals surface area contributed by atoms with Gasteiger partial charge in [-0.1, -0.05) is 99.1 Å². The molecule has 2 rings (SSSR count). The number of ether oxygens (including phenoxy) is 5. The summed E-state index contributed by atoms with van der Waals surface area (Å²) in [5, 5.41) is -5.86. The van der Waals surface area contributed by atoms with E-state index in [9.17, 15) is 49.3 Å². The third kappa shape index (κ3) is 23.3. The molecule has 0 aliphatic carbocycles. The van der Waals surface area contributed by atoms with Gasteiger partial charge in [0.2, 0.25) is 0 Å². The molecule has 0 amide bonds. The van der Waals surface area contributed by atoms with Gasteiger partial charge >= 0.3 is 51.7 Å². The minimum absolute atomic E-state index is 0. The first-order valence-electron chi connectivity index (χ1n) is 18.9. The Hall–Kier alpha value is -2.15. The fourth-order valence-corrected chi connectivity index (χ4v) is 4.69. The van der Waals surface area contributed by atoms with Gasteiger partial charge in [0.15, 0.2) is 10.1 Å². The van der Waals surface area contributed by atoms with Crippen LogP contribution in [0.5, 0.6) is 0 Å². The van der Waals surface area contributed by atoms with Gasteiger partial charge in [0.05, 0.1) is 43.8 Å². The molecule has 1 aliphatic rings. The number of epoxide rings is 1. The molecule has 1 aromatic rings. The molecule has 0 saturated carbocycles. The molecule has 5 unspecified atom stereocenters. The fourth-order valence-electron chi connectivity index (χ4n) is 4.25. The van der Waals surface area contributed by atoms with E-state index in [0.717, 1.165) is 50.0 Å². The van der Waals surface area contributed by atoms with Gasteiger partial charge in [-0.2, -0.15) is 22.0 Å². The number of carbonyl (C=O) groups is 3. The van der Waals surface area contributed by atoms with Gasteiger partial charge in [0.1, 0.15) is 12.7 Å². The average molecular weight is 928 g/mol. The molecule has 1 aliphatic heterocycles. The predicted octanol–water partition coefficient (Wildman–Crippen LogP) is 8.74. The van der Waals surface area contributed by atoms with Gasteiger partial charge in [-0.3, -0.25) is 9.59 Å². The van der Waals surface area contributed by atoms with E-state index < -0.39 is 39.2 Å². The van der Waals surface area contributed by atoms with Crippen LogP contribution in [0.1, 0.15) is 135 Å². The number of esters is 3. The second kappa shape index (κ2) is 29.1. The van der Waals surface area contributed by atoms with Crippen molar-refractivity contribution in [1.82, 2.24) is 0 Å². The molecule has 0 N–H and O–H groups in total. The smallest absolute Gasteiger partial charge is 0.743 e. The largest absolute Gasteiger partial charge is 1.00 e. The van der Waals surface area contributed by atoms with Gasteiger partial charge in [-0.05, 0) is 49.3 Å². The summed E-state index contributed by atoms with van der Waals surface area (Å²) in [4.78, 5) is 34.2. The van der Waals surface area contributed by atoms with Gasteiger partial charge < -0.3 is 28.2 Å². The third-order valence-electron chi connectivity index (χ3n) is 8.69. The first kappa shape index (κ1) is 55.9. The summed E-state index contributed by atoms with van der Waals surface area (Å²) in [7, 11) is -6.71. The molecule has 0 aromatic heterocycles. The molecular formula is C38H60AgF5O11S. The van der Waals surface area contributed by atoms with Crippen LogP contribution in [0.4, 0.5) is 22.0 Å². The SMILES string of the molecule is CCC(C)C(=O)OCCOCC1CO1.CCC(C)c1ccc(C(=O)OC(C(F)(F)F)C(F)(F)S(=O)(=O)[O-])cc1.CCCCCCCCCOC(=O)C(C)CC.[Ag+]. The summed E-state index contributed by atoms with van der Waals surface area (Å²) in [5.74, 6) is -1.87. The molecule has 0 spiro atoms. The summed E-state index contributed by atoms with van der Waals surface area (Å²) in [6, 6.07) is 4.91. The second-order valence-corrected chi connectivity index (χ2v) is 14.8. The quantitative estimate of drug-likeness (QED) is 0.0197. The van der Waals surface area contributed by atoms with E-state index in [4.69, 9.17) is 18.9 Å². The van der Waals surface area contributed by atoms with E-state index in [1.54, 1.807) is 0 Å². The van der Waals surface area contributed by atoms with Gasteiger partial charge in [0.25, 0.3) is 6.10 Å². The third-order valence-corrected chi connectivity index (χ3v) is 9.57. The van der Waals surface area contributed by atoms with Gasteiger partial charge in [-0.15, -0.1) is 0 Å². The maximum Gasteiger partial charge on any atom is 1.00 e. The monoisotopic (exact) mass is 926 g/mol. The minimum atomic E-state index is -6.71. The summed E-state index contributed by atoms with van der Waals surface area (Å²) in [6.45, 7) is 16.6. The van der Waals surface area contributed by atoms with Crippen LogP contribution >= 0.6 is 0 Å². The Bertz CT molecular complexity index is 1340. The maximum absolute atomic E-state index is 13.3. The number of benzene rings is 1. The fraction of sp³-hybridized carbons (Fsp3) is 0.763. The molecule has 1 heterocycles. The molecule has 56 heavy (non-hydrogen) atoms. The average Bonchev–Trinajstić information content (AvgIpc) is 3.97. The van der Waals surface area contributed by atoms with Gasteiger partial charge in [-0.25, -0.2) is 13.2 Å². The number of hydrogen-bond donors (Lipinski definition) is 0. The van der Waals surface area contributed by atoms with E-state index >= 15 is 0 Å². The van der Waals surface area contributed by atoms with Crippen molar-refractivity contribution in [1.29, 1.82) is 0 Å². The van der Waals surface area contributed by atoms with E-state index in [1.807, 2.05) is 41.5 Å². The normalized spacial score (nSPS) is 15.9. The zero-order chi connectivity index (χ0) is 42.2. The van der Waals surface area contributed by atoms with Crippen LogP contribution in [0.3, 0.4) is 0 Å². The summed E-state index contributed by atoms with van der Waals surface area (Å²) < 4.78 is 120. The van der Waals surface area contributed by atoms with Crippen LogP contribution in [0.15, 0.2) is 24.3 Å². The number of alkyl halides is 5. The zero-order valence-corrected chi connectivity index (χ0v) is 35.7. The number of carbonyl (C=O) groups excluding carboxylic acids is 3. The molecule has 1 fully saturated rings. The number of unbranched alkanes of at least 4 members (excludes halogenated alkanes) is 6. The molecule has 330 valence electrons. The number of halogens is 5.